The van der Waals surface area contributed by atoms with Crippen LogP contribution in [0.2, 0.25) is 0 Å². The second kappa shape index (κ2) is 9.69. The quantitative estimate of drug-likeness (QED) is 0.378. The van der Waals surface area contributed by atoms with Crippen LogP contribution in [0, 0.1) is 0 Å². The molecule has 0 amide bonds. The Hall–Kier alpha value is -3.96. The molecular formula is C26H22O5. The molecule has 0 spiro atoms. The number of benzene rings is 4. The molecule has 4 aromatic rings. The zero-order valence-electron chi connectivity index (χ0n) is 16.7. The van der Waals surface area contributed by atoms with Crippen molar-refractivity contribution in [3.05, 3.63) is 121 Å². The van der Waals surface area contributed by atoms with Gasteiger partial charge in [-0.15, -0.1) is 0 Å². The van der Waals surface area contributed by atoms with Crippen molar-refractivity contribution >= 4 is 0 Å². The van der Waals surface area contributed by atoms with E-state index in [1.165, 1.54) is 0 Å². The largest absolute Gasteiger partial charge is 0.484 e. The van der Waals surface area contributed by atoms with Crippen LogP contribution in [0.15, 0.2) is 121 Å². The van der Waals surface area contributed by atoms with Crippen molar-refractivity contribution in [3.8, 4) is 23.0 Å². The second-order valence-electron chi connectivity index (χ2n) is 6.63. The van der Waals surface area contributed by atoms with Gasteiger partial charge in [0.25, 0.3) is 0 Å². The molecule has 0 aliphatic heterocycles. The predicted octanol–water partition coefficient (Wildman–Crippen LogP) is 5.27. The van der Waals surface area contributed by atoms with Crippen LogP contribution in [0.1, 0.15) is 0 Å². The number of hydrogen-bond acceptors (Lipinski definition) is 5. The highest BCUT2D eigenvalue weighted by molar-refractivity contribution is 5.27. The molecule has 0 aliphatic carbocycles. The van der Waals surface area contributed by atoms with E-state index >= 15 is 0 Å². The van der Waals surface area contributed by atoms with Gasteiger partial charge in [-0.2, -0.15) is 0 Å². The van der Waals surface area contributed by atoms with Crippen LogP contribution in [0.3, 0.4) is 0 Å². The average molecular weight is 414 g/mol. The lowest BCUT2D eigenvalue weighted by Gasteiger charge is -2.36. The zero-order valence-corrected chi connectivity index (χ0v) is 16.7. The lowest BCUT2D eigenvalue weighted by molar-refractivity contribution is -0.343. The Kier molecular flexibility index (Phi) is 6.35. The van der Waals surface area contributed by atoms with E-state index in [0.29, 0.717) is 23.0 Å². The lowest BCUT2D eigenvalue weighted by atomic mass is 10.3. The second-order valence-corrected chi connectivity index (χ2v) is 6.63. The van der Waals surface area contributed by atoms with E-state index in [-0.39, 0.29) is 0 Å². The molecule has 0 bridgehead atoms. The van der Waals surface area contributed by atoms with Crippen LogP contribution < -0.4 is 18.9 Å². The molecule has 5 nitrogen and oxygen atoms in total. The van der Waals surface area contributed by atoms with Gasteiger partial charge in [-0.1, -0.05) is 72.8 Å². The summed E-state index contributed by atoms with van der Waals surface area (Å²) in [6.45, 7) is 0. The minimum absolute atomic E-state index is 0.435. The van der Waals surface area contributed by atoms with Gasteiger partial charge in [0.2, 0.25) is 0 Å². The van der Waals surface area contributed by atoms with Crippen LogP contribution in [-0.2, 0) is 0 Å². The molecule has 0 aliphatic rings. The topological polar surface area (TPSA) is 57.2 Å². The first-order valence-corrected chi connectivity index (χ1v) is 9.85. The van der Waals surface area contributed by atoms with Gasteiger partial charge in [0.05, 0.1) is 0 Å². The van der Waals surface area contributed by atoms with Crippen LogP contribution >= 0.6 is 0 Å². The van der Waals surface area contributed by atoms with Crippen molar-refractivity contribution in [2.24, 2.45) is 0 Å². The molecular weight excluding hydrogens is 392 g/mol. The first kappa shape index (κ1) is 20.3. The Morgan fingerprint density at radius 2 is 0.742 bits per heavy atom. The summed E-state index contributed by atoms with van der Waals surface area (Å²) in [5.41, 5.74) is 0. The van der Waals surface area contributed by atoms with E-state index in [1.807, 2.05) is 60.7 Å². The highest BCUT2D eigenvalue weighted by atomic mass is 16.9. The standard InChI is InChI=1S/C26H22O5/c27-25(28-21-13-5-1-6-14-21)26(29-22-15-7-2-8-16-22,30-23-17-9-3-10-18-23)31-24-19-11-4-12-20-24/h1-20,25,27H. The van der Waals surface area contributed by atoms with E-state index < -0.39 is 12.3 Å². The summed E-state index contributed by atoms with van der Waals surface area (Å²) in [4.78, 5) is 0. The number of para-hydroxylation sites is 4. The third-order valence-electron chi connectivity index (χ3n) is 4.30. The van der Waals surface area contributed by atoms with Crippen molar-refractivity contribution in [1.29, 1.82) is 0 Å². The first-order valence-electron chi connectivity index (χ1n) is 9.85. The van der Waals surface area contributed by atoms with Gasteiger partial charge in [-0.05, 0) is 48.5 Å². The van der Waals surface area contributed by atoms with Crippen LogP contribution in [0.25, 0.3) is 0 Å². The Morgan fingerprint density at radius 1 is 0.452 bits per heavy atom. The fourth-order valence-electron chi connectivity index (χ4n) is 2.87. The summed E-state index contributed by atoms with van der Waals surface area (Å²) >= 11 is 0. The summed E-state index contributed by atoms with van der Waals surface area (Å²) in [6, 6.07) is 35.8. The average Bonchev–Trinajstić information content (AvgIpc) is 2.81. The molecule has 1 atom stereocenters. The minimum Gasteiger partial charge on any atom is -0.453 e. The van der Waals surface area contributed by atoms with Gasteiger partial charge >= 0.3 is 12.3 Å². The summed E-state index contributed by atoms with van der Waals surface area (Å²) in [5, 5.41) is 11.2. The molecule has 1 N–H and O–H groups in total. The molecule has 0 heterocycles. The number of aliphatic hydroxyl groups excluding tert-OH is 1. The number of ether oxygens (including phenoxy) is 4. The van der Waals surface area contributed by atoms with Crippen LogP contribution in [0.4, 0.5) is 0 Å². The Balaban J connectivity index is 1.75. The number of rotatable bonds is 9. The van der Waals surface area contributed by atoms with Gasteiger partial charge in [0, 0.05) is 0 Å². The Labute approximate surface area is 181 Å². The normalized spacial score (nSPS) is 11.9. The molecule has 4 aromatic carbocycles. The van der Waals surface area contributed by atoms with E-state index in [4.69, 9.17) is 18.9 Å². The molecule has 31 heavy (non-hydrogen) atoms. The third-order valence-corrected chi connectivity index (χ3v) is 4.30. The van der Waals surface area contributed by atoms with Crippen LogP contribution in [-0.4, -0.2) is 17.4 Å². The maximum Gasteiger partial charge on any atom is 0.484 e. The fourth-order valence-corrected chi connectivity index (χ4v) is 2.87. The van der Waals surface area contributed by atoms with Crippen molar-refractivity contribution < 1.29 is 24.1 Å². The molecule has 0 fully saturated rings. The summed E-state index contributed by atoms with van der Waals surface area (Å²) in [5.74, 6) is -0.301. The molecule has 1 unspecified atom stereocenters. The molecule has 0 saturated heterocycles. The first-order chi connectivity index (χ1) is 15.2. The fraction of sp³-hybridized carbons (Fsp3) is 0.0769. The SMILES string of the molecule is OC(Oc1ccccc1)C(Oc1ccccc1)(Oc1ccccc1)Oc1ccccc1. The molecule has 156 valence electrons. The molecule has 0 saturated carbocycles. The maximum atomic E-state index is 11.2. The number of hydrogen-bond donors (Lipinski definition) is 1. The van der Waals surface area contributed by atoms with Crippen molar-refractivity contribution in [2.75, 3.05) is 0 Å². The van der Waals surface area contributed by atoms with Gasteiger partial charge in [-0.25, -0.2) is 0 Å². The summed E-state index contributed by atoms with van der Waals surface area (Å²) < 4.78 is 24.2. The van der Waals surface area contributed by atoms with Crippen LogP contribution in [0.5, 0.6) is 23.0 Å². The third kappa shape index (κ3) is 5.35. The van der Waals surface area contributed by atoms with Gasteiger partial charge in [0.1, 0.15) is 23.0 Å². The van der Waals surface area contributed by atoms with Crippen molar-refractivity contribution in [3.63, 3.8) is 0 Å². The van der Waals surface area contributed by atoms with E-state index in [9.17, 15) is 5.11 Å². The Bertz CT molecular complexity index is 939. The van der Waals surface area contributed by atoms with Gasteiger partial charge in [-0.3, -0.25) is 0 Å². The monoisotopic (exact) mass is 414 g/mol. The van der Waals surface area contributed by atoms with E-state index in [2.05, 4.69) is 0 Å². The van der Waals surface area contributed by atoms with E-state index in [1.54, 1.807) is 60.7 Å². The predicted molar refractivity (Wildman–Crippen MR) is 117 cm³/mol. The lowest BCUT2D eigenvalue weighted by Crippen LogP contribution is -2.59. The molecule has 0 radical (unpaired) electrons. The summed E-state index contributed by atoms with van der Waals surface area (Å²) in [7, 11) is 0. The minimum atomic E-state index is -2.04. The molecule has 5 heteroatoms. The van der Waals surface area contributed by atoms with E-state index in [0.717, 1.165) is 0 Å². The highest BCUT2D eigenvalue weighted by Crippen LogP contribution is 2.30. The smallest absolute Gasteiger partial charge is 0.453 e. The summed E-state index contributed by atoms with van der Waals surface area (Å²) in [6.07, 6.45) is -1.64. The zero-order chi connectivity index (χ0) is 21.4. The van der Waals surface area contributed by atoms with Crippen molar-refractivity contribution in [1.82, 2.24) is 0 Å². The molecule has 0 aromatic heterocycles. The maximum absolute atomic E-state index is 11.2. The van der Waals surface area contributed by atoms with Gasteiger partial charge in [0.15, 0.2) is 0 Å². The highest BCUT2D eigenvalue weighted by Gasteiger charge is 2.50. The van der Waals surface area contributed by atoms with Crippen molar-refractivity contribution in [2.45, 2.75) is 12.3 Å². The molecule has 4 rings (SSSR count). The number of aliphatic hydroxyl groups is 1. The Morgan fingerprint density at radius 3 is 1.06 bits per heavy atom. The van der Waals surface area contributed by atoms with Gasteiger partial charge < -0.3 is 24.1 Å².